The molecule has 2 aromatic heterocycles. The molecule has 34 heavy (non-hydrogen) atoms. The van der Waals surface area contributed by atoms with Gasteiger partial charge in [0, 0.05) is 25.3 Å². The van der Waals surface area contributed by atoms with Crippen LogP contribution in [0.3, 0.4) is 0 Å². The summed E-state index contributed by atoms with van der Waals surface area (Å²) >= 11 is 1.54. The van der Waals surface area contributed by atoms with Crippen LogP contribution in [0.15, 0.2) is 58.6 Å². The van der Waals surface area contributed by atoms with Crippen molar-refractivity contribution in [3.63, 3.8) is 0 Å². The second kappa shape index (κ2) is 8.13. The number of amides is 1. The molecule has 4 aromatic rings. The van der Waals surface area contributed by atoms with Crippen LogP contribution in [0.2, 0.25) is 0 Å². The fraction of sp³-hybridized carbons (Fsp3) is 0.308. The summed E-state index contributed by atoms with van der Waals surface area (Å²) < 4.78 is 3.45. The summed E-state index contributed by atoms with van der Waals surface area (Å²) in [6, 6.07) is 14.2. The number of carbonyl (C=O) groups is 1. The SMILES string of the molecule is Cc1ccc(-n2ncc3c(=O)n4c(nc32)SCC4CC(=O)N2CCc3ccccc3C2)c(C)c1. The van der Waals surface area contributed by atoms with Gasteiger partial charge in [0.2, 0.25) is 5.91 Å². The van der Waals surface area contributed by atoms with Gasteiger partial charge >= 0.3 is 0 Å². The Morgan fingerprint density at radius 1 is 1.15 bits per heavy atom. The number of thioether (sulfide) groups is 1. The molecule has 0 saturated heterocycles. The molecule has 0 saturated carbocycles. The molecule has 0 radical (unpaired) electrons. The first kappa shape index (κ1) is 21.2. The number of fused-ring (bicyclic) bond motifs is 3. The van der Waals surface area contributed by atoms with Gasteiger partial charge in [0.25, 0.3) is 5.56 Å². The molecule has 1 amide bonds. The molecular formula is C26H25N5O2S. The summed E-state index contributed by atoms with van der Waals surface area (Å²) in [5.41, 5.74) is 6.13. The minimum atomic E-state index is -0.196. The van der Waals surface area contributed by atoms with Crippen molar-refractivity contribution in [2.24, 2.45) is 0 Å². The number of aryl methyl sites for hydroxylation is 2. The van der Waals surface area contributed by atoms with E-state index in [0.717, 1.165) is 24.2 Å². The lowest BCUT2D eigenvalue weighted by Crippen LogP contribution is -2.38. The van der Waals surface area contributed by atoms with Gasteiger partial charge in [0.05, 0.1) is 17.9 Å². The molecule has 172 valence electrons. The van der Waals surface area contributed by atoms with Crippen LogP contribution in [-0.2, 0) is 17.8 Å². The quantitative estimate of drug-likeness (QED) is 0.425. The van der Waals surface area contributed by atoms with E-state index in [-0.39, 0.29) is 17.5 Å². The van der Waals surface area contributed by atoms with Gasteiger partial charge in [-0.15, -0.1) is 0 Å². The van der Waals surface area contributed by atoms with E-state index in [2.05, 4.69) is 30.2 Å². The van der Waals surface area contributed by atoms with Crippen molar-refractivity contribution in [2.75, 3.05) is 12.3 Å². The number of carbonyl (C=O) groups excluding carboxylic acids is 1. The van der Waals surface area contributed by atoms with Gasteiger partial charge in [-0.1, -0.05) is 53.7 Å². The average Bonchev–Trinajstić information content (AvgIpc) is 3.44. The van der Waals surface area contributed by atoms with Gasteiger partial charge in [-0.25, -0.2) is 9.67 Å². The lowest BCUT2D eigenvalue weighted by molar-refractivity contribution is -0.132. The zero-order chi connectivity index (χ0) is 23.4. The molecule has 2 aromatic carbocycles. The Labute approximate surface area is 201 Å². The molecule has 2 aliphatic rings. The second-order valence-corrected chi connectivity index (χ2v) is 10.1. The average molecular weight is 472 g/mol. The summed E-state index contributed by atoms with van der Waals surface area (Å²) in [5, 5.41) is 5.63. The predicted molar refractivity (Wildman–Crippen MR) is 133 cm³/mol. The van der Waals surface area contributed by atoms with Crippen molar-refractivity contribution >= 4 is 28.7 Å². The predicted octanol–water partition coefficient (Wildman–Crippen LogP) is 3.82. The molecule has 0 aliphatic carbocycles. The van der Waals surface area contributed by atoms with Crippen molar-refractivity contribution in [3.8, 4) is 5.69 Å². The third kappa shape index (κ3) is 3.44. The highest BCUT2D eigenvalue weighted by molar-refractivity contribution is 7.99. The summed E-state index contributed by atoms with van der Waals surface area (Å²) in [5.74, 6) is 0.757. The maximum atomic E-state index is 13.5. The van der Waals surface area contributed by atoms with Crippen LogP contribution < -0.4 is 5.56 Å². The summed E-state index contributed by atoms with van der Waals surface area (Å²) in [4.78, 5) is 33.4. The van der Waals surface area contributed by atoms with Gasteiger partial charge in [-0.3, -0.25) is 14.2 Å². The van der Waals surface area contributed by atoms with E-state index in [9.17, 15) is 9.59 Å². The van der Waals surface area contributed by atoms with E-state index >= 15 is 0 Å². The van der Waals surface area contributed by atoms with E-state index in [1.165, 1.54) is 28.5 Å². The zero-order valence-corrected chi connectivity index (χ0v) is 20.0. The van der Waals surface area contributed by atoms with Crippen LogP contribution in [0.4, 0.5) is 0 Å². The Bertz CT molecular complexity index is 1510. The number of benzene rings is 2. The summed E-state index contributed by atoms with van der Waals surface area (Å²) in [7, 11) is 0. The minimum absolute atomic E-state index is 0.0888. The Balaban J connectivity index is 1.30. The van der Waals surface area contributed by atoms with Crippen LogP contribution in [-0.4, -0.2) is 42.4 Å². The Morgan fingerprint density at radius 2 is 1.97 bits per heavy atom. The second-order valence-electron chi connectivity index (χ2n) is 9.16. The Morgan fingerprint density at radius 3 is 2.79 bits per heavy atom. The highest BCUT2D eigenvalue weighted by Crippen LogP contribution is 2.34. The molecular weight excluding hydrogens is 446 g/mol. The third-order valence-corrected chi connectivity index (χ3v) is 7.94. The van der Waals surface area contributed by atoms with Gasteiger partial charge in [-0.2, -0.15) is 5.10 Å². The first-order valence-electron chi connectivity index (χ1n) is 11.5. The van der Waals surface area contributed by atoms with Crippen molar-refractivity contribution in [1.29, 1.82) is 0 Å². The molecule has 1 unspecified atom stereocenters. The van der Waals surface area contributed by atoms with Gasteiger partial charge < -0.3 is 4.90 Å². The van der Waals surface area contributed by atoms with Crippen LogP contribution in [0, 0.1) is 13.8 Å². The lowest BCUT2D eigenvalue weighted by atomic mass is 9.99. The molecule has 2 aliphatic heterocycles. The van der Waals surface area contributed by atoms with Crippen LogP contribution in [0.25, 0.3) is 16.7 Å². The van der Waals surface area contributed by atoms with E-state index in [0.29, 0.717) is 34.9 Å². The fourth-order valence-corrected chi connectivity index (χ4v) is 6.17. The van der Waals surface area contributed by atoms with Crippen molar-refractivity contribution in [3.05, 3.63) is 81.3 Å². The van der Waals surface area contributed by atoms with Crippen molar-refractivity contribution < 1.29 is 4.79 Å². The standard InChI is InChI=1S/C26H25N5O2S/c1-16-7-8-22(17(2)11-16)31-24-21(13-27-31)25(33)30-20(15-34-26(30)28-24)12-23(32)29-10-9-18-5-3-4-6-19(18)14-29/h3-8,11,13,20H,9-10,12,14-15H2,1-2H3. The summed E-state index contributed by atoms with van der Waals surface area (Å²) in [6.45, 7) is 5.44. The van der Waals surface area contributed by atoms with Crippen LogP contribution in [0.5, 0.6) is 0 Å². The van der Waals surface area contributed by atoms with Crippen LogP contribution >= 0.6 is 11.8 Å². The number of nitrogens with zero attached hydrogens (tertiary/aromatic N) is 5. The van der Waals surface area contributed by atoms with Gasteiger partial charge in [-0.05, 0) is 43.0 Å². The molecule has 0 fully saturated rings. The number of rotatable bonds is 3. The molecule has 1 atom stereocenters. The number of aromatic nitrogens is 4. The molecule has 7 nitrogen and oxygen atoms in total. The van der Waals surface area contributed by atoms with E-state index in [1.807, 2.05) is 36.1 Å². The highest BCUT2D eigenvalue weighted by Gasteiger charge is 2.31. The topological polar surface area (TPSA) is 73.0 Å². The third-order valence-electron chi connectivity index (χ3n) is 6.84. The minimum Gasteiger partial charge on any atom is -0.338 e. The normalized spacial score (nSPS) is 17.1. The fourth-order valence-electron chi connectivity index (χ4n) is 5.04. The van der Waals surface area contributed by atoms with E-state index in [4.69, 9.17) is 4.98 Å². The van der Waals surface area contributed by atoms with Gasteiger partial charge in [0.15, 0.2) is 10.8 Å². The maximum Gasteiger partial charge on any atom is 0.265 e. The number of hydrogen-bond acceptors (Lipinski definition) is 5. The first-order chi connectivity index (χ1) is 16.5. The molecule has 0 bridgehead atoms. The van der Waals surface area contributed by atoms with E-state index < -0.39 is 0 Å². The monoisotopic (exact) mass is 471 g/mol. The Kier molecular flexibility index (Phi) is 5.06. The van der Waals surface area contributed by atoms with Crippen molar-refractivity contribution in [1.82, 2.24) is 24.2 Å². The first-order valence-corrected chi connectivity index (χ1v) is 12.5. The van der Waals surface area contributed by atoms with E-state index in [1.54, 1.807) is 15.4 Å². The lowest BCUT2D eigenvalue weighted by Gasteiger charge is -2.29. The zero-order valence-electron chi connectivity index (χ0n) is 19.2. The van der Waals surface area contributed by atoms with Crippen molar-refractivity contribution in [2.45, 2.75) is 44.4 Å². The Hall–Kier alpha value is -3.39. The molecule has 0 spiro atoms. The molecule has 0 N–H and O–H groups in total. The summed E-state index contributed by atoms with van der Waals surface area (Å²) in [6.07, 6.45) is 2.78. The number of hydrogen-bond donors (Lipinski definition) is 0. The molecule has 4 heterocycles. The van der Waals surface area contributed by atoms with Crippen LogP contribution in [0.1, 0.15) is 34.7 Å². The largest absolute Gasteiger partial charge is 0.338 e. The highest BCUT2D eigenvalue weighted by atomic mass is 32.2. The molecule has 6 rings (SSSR count). The van der Waals surface area contributed by atoms with Gasteiger partial charge in [0.1, 0.15) is 5.39 Å². The smallest absolute Gasteiger partial charge is 0.265 e. The maximum absolute atomic E-state index is 13.5. The molecule has 8 heteroatoms.